The van der Waals surface area contributed by atoms with Crippen LogP contribution in [-0.2, 0) is 11.2 Å². The van der Waals surface area contributed by atoms with Crippen LogP contribution in [0.3, 0.4) is 0 Å². The molecule has 7 nitrogen and oxygen atoms in total. The van der Waals surface area contributed by atoms with Crippen LogP contribution >= 0.6 is 0 Å². The molecule has 4 atom stereocenters. The highest BCUT2D eigenvalue weighted by atomic mass is 16.4. The fourth-order valence-corrected chi connectivity index (χ4v) is 1.84. The number of phenols is 1. The molecule has 0 fully saturated rings. The van der Waals surface area contributed by atoms with Crippen molar-refractivity contribution < 1.29 is 30.3 Å². The van der Waals surface area contributed by atoms with Gasteiger partial charge in [-0.2, -0.15) is 0 Å². The van der Waals surface area contributed by atoms with Gasteiger partial charge in [-0.05, 0) is 37.5 Å². The number of rotatable bonds is 7. The van der Waals surface area contributed by atoms with E-state index < -0.39 is 29.8 Å². The highest BCUT2D eigenvalue weighted by Gasteiger charge is 2.42. The van der Waals surface area contributed by atoms with E-state index in [-0.39, 0.29) is 12.2 Å². The Morgan fingerprint density at radius 2 is 1.76 bits per heavy atom. The minimum absolute atomic E-state index is 0.110. The Labute approximate surface area is 122 Å². The van der Waals surface area contributed by atoms with Crippen molar-refractivity contribution >= 4 is 5.97 Å². The van der Waals surface area contributed by atoms with Gasteiger partial charge in [0.25, 0.3) is 0 Å². The summed E-state index contributed by atoms with van der Waals surface area (Å²) in [5.74, 6) is -1.35. The second-order valence-electron chi connectivity index (χ2n) is 5.30. The Bertz CT molecular complexity index is 473. The maximum absolute atomic E-state index is 10.9. The van der Waals surface area contributed by atoms with Crippen molar-refractivity contribution in [2.75, 3.05) is 0 Å². The number of aryl methyl sites for hydroxylation is 1. The molecule has 0 saturated heterocycles. The first kappa shape index (κ1) is 17.4. The zero-order chi connectivity index (χ0) is 16.2. The number of carboxylic acid groups (broad SMARTS) is 1. The van der Waals surface area contributed by atoms with E-state index in [2.05, 4.69) is 0 Å². The molecular weight excluding hydrogens is 278 g/mol. The van der Waals surface area contributed by atoms with Crippen molar-refractivity contribution in [1.29, 1.82) is 0 Å². The second kappa shape index (κ2) is 6.86. The summed E-state index contributed by atoms with van der Waals surface area (Å²) in [6.07, 6.45) is -4.30. The van der Waals surface area contributed by atoms with E-state index in [1.54, 1.807) is 12.1 Å². The lowest BCUT2D eigenvalue weighted by atomic mass is 9.88. The fourth-order valence-electron chi connectivity index (χ4n) is 1.84. The maximum Gasteiger partial charge on any atom is 0.326 e. The molecule has 7 N–H and O–H groups in total. The standard InChI is InChI=1S/C14H21NO6/c1-14(15,13(20)21)12(19)11(18)10(17)7-4-8-2-5-9(16)6-3-8/h2-3,5-6,10-12,16-19H,4,7,15H2,1H3,(H,20,21). The zero-order valence-electron chi connectivity index (χ0n) is 11.7. The molecule has 0 spiro atoms. The Morgan fingerprint density at radius 3 is 2.24 bits per heavy atom. The third kappa shape index (κ3) is 4.40. The quantitative estimate of drug-likeness (QED) is 0.387. The highest BCUT2D eigenvalue weighted by Crippen LogP contribution is 2.17. The van der Waals surface area contributed by atoms with E-state index >= 15 is 0 Å². The molecule has 0 aliphatic heterocycles. The molecule has 1 aromatic carbocycles. The maximum atomic E-state index is 10.9. The molecule has 0 bridgehead atoms. The second-order valence-corrected chi connectivity index (χ2v) is 5.30. The first-order valence-electron chi connectivity index (χ1n) is 6.50. The molecule has 0 amide bonds. The summed E-state index contributed by atoms with van der Waals surface area (Å²) in [6.45, 7) is 1.07. The number of carboxylic acids is 1. The van der Waals surface area contributed by atoms with Gasteiger partial charge in [0.1, 0.15) is 23.5 Å². The number of aliphatic hydroxyl groups excluding tert-OH is 3. The van der Waals surface area contributed by atoms with Crippen molar-refractivity contribution in [3.8, 4) is 5.75 Å². The summed E-state index contributed by atoms with van der Waals surface area (Å²) < 4.78 is 0. The third-order valence-electron chi connectivity index (χ3n) is 3.46. The lowest BCUT2D eigenvalue weighted by Gasteiger charge is -2.31. The summed E-state index contributed by atoms with van der Waals surface area (Å²) in [6, 6.07) is 6.31. The van der Waals surface area contributed by atoms with Gasteiger partial charge in [0.2, 0.25) is 0 Å². The van der Waals surface area contributed by atoms with Gasteiger partial charge in [0, 0.05) is 0 Å². The van der Waals surface area contributed by atoms with Crippen molar-refractivity contribution in [2.45, 2.75) is 43.6 Å². The predicted octanol–water partition coefficient (Wildman–Crippen LogP) is -0.790. The largest absolute Gasteiger partial charge is 0.508 e. The van der Waals surface area contributed by atoms with Gasteiger partial charge in [0.15, 0.2) is 0 Å². The minimum atomic E-state index is -2.06. The van der Waals surface area contributed by atoms with Gasteiger partial charge in [-0.25, -0.2) is 0 Å². The molecule has 0 saturated carbocycles. The Morgan fingerprint density at radius 1 is 1.24 bits per heavy atom. The predicted molar refractivity (Wildman–Crippen MR) is 74.7 cm³/mol. The summed E-state index contributed by atoms with van der Waals surface area (Å²) in [4.78, 5) is 10.9. The molecule has 21 heavy (non-hydrogen) atoms. The van der Waals surface area contributed by atoms with Crippen LogP contribution in [0, 0.1) is 0 Å². The molecule has 0 aromatic heterocycles. The number of carbonyl (C=O) groups is 1. The van der Waals surface area contributed by atoms with Gasteiger partial charge in [0.05, 0.1) is 6.10 Å². The number of aromatic hydroxyl groups is 1. The monoisotopic (exact) mass is 299 g/mol. The smallest absolute Gasteiger partial charge is 0.326 e. The molecule has 0 aliphatic rings. The molecule has 4 unspecified atom stereocenters. The van der Waals surface area contributed by atoms with Crippen molar-refractivity contribution in [2.24, 2.45) is 5.73 Å². The Balaban J connectivity index is 2.60. The molecule has 1 aromatic rings. The zero-order valence-corrected chi connectivity index (χ0v) is 11.7. The van der Waals surface area contributed by atoms with Crippen molar-refractivity contribution in [3.63, 3.8) is 0 Å². The van der Waals surface area contributed by atoms with Gasteiger partial charge in [-0.15, -0.1) is 0 Å². The number of aliphatic carboxylic acids is 1. The molecule has 1 rings (SSSR count). The van der Waals surface area contributed by atoms with Crippen LogP contribution in [0.2, 0.25) is 0 Å². The fraction of sp³-hybridized carbons (Fsp3) is 0.500. The molecular formula is C14H21NO6. The minimum Gasteiger partial charge on any atom is -0.508 e. The first-order valence-corrected chi connectivity index (χ1v) is 6.50. The van der Waals surface area contributed by atoms with E-state index in [0.29, 0.717) is 6.42 Å². The summed E-state index contributed by atoms with van der Waals surface area (Å²) >= 11 is 0. The van der Waals surface area contributed by atoms with Crippen LogP contribution in [0.4, 0.5) is 0 Å². The summed E-state index contributed by atoms with van der Waals surface area (Å²) in [5, 5.41) is 47.4. The van der Waals surface area contributed by atoms with E-state index in [1.807, 2.05) is 0 Å². The Hall–Kier alpha value is -1.67. The van der Waals surface area contributed by atoms with Crippen LogP contribution < -0.4 is 5.73 Å². The summed E-state index contributed by atoms with van der Waals surface area (Å²) in [5.41, 5.74) is 4.18. The van der Waals surface area contributed by atoms with Crippen LogP contribution in [0.1, 0.15) is 18.9 Å². The van der Waals surface area contributed by atoms with Crippen LogP contribution in [0.5, 0.6) is 5.75 Å². The Kier molecular flexibility index (Phi) is 5.68. The molecule has 0 aliphatic carbocycles. The molecule has 118 valence electrons. The van der Waals surface area contributed by atoms with E-state index in [1.165, 1.54) is 12.1 Å². The lowest BCUT2D eigenvalue weighted by Crippen LogP contribution is -2.61. The number of nitrogens with two attached hydrogens (primary N) is 1. The van der Waals surface area contributed by atoms with Gasteiger partial charge < -0.3 is 31.3 Å². The highest BCUT2D eigenvalue weighted by molar-refractivity contribution is 5.78. The molecule has 0 heterocycles. The van der Waals surface area contributed by atoms with E-state index in [4.69, 9.17) is 15.9 Å². The van der Waals surface area contributed by atoms with Gasteiger partial charge >= 0.3 is 5.97 Å². The van der Waals surface area contributed by atoms with Crippen LogP contribution in [-0.4, -0.2) is 55.4 Å². The van der Waals surface area contributed by atoms with Crippen molar-refractivity contribution in [3.05, 3.63) is 29.8 Å². The topological polar surface area (TPSA) is 144 Å². The number of phenolic OH excluding ortho intramolecular Hbond substituents is 1. The van der Waals surface area contributed by atoms with E-state index in [9.17, 15) is 20.1 Å². The summed E-state index contributed by atoms with van der Waals surface area (Å²) in [7, 11) is 0. The normalized spacial score (nSPS) is 18.5. The van der Waals surface area contributed by atoms with E-state index in [0.717, 1.165) is 12.5 Å². The number of aliphatic hydroxyl groups is 3. The van der Waals surface area contributed by atoms with Crippen LogP contribution in [0.25, 0.3) is 0 Å². The number of hydrogen-bond acceptors (Lipinski definition) is 6. The van der Waals surface area contributed by atoms with Crippen LogP contribution in [0.15, 0.2) is 24.3 Å². The average Bonchev–Trinajstić information content (AvgIpc) is 2.44. The molecule has 7 heteroatoms. The average molecular weight is 299 g/mol. The number of hydrogen-bond donors (Lipinski definition) is 6. The lowest BCUT2D eigenvalue weighted by molar-refractivity contribution is -0.154. The van der Waals surface area contributed by atoms with Gasteiger partial charge in [-0.3, -0.25) is 4.79 Å². The van der Waals surface area contributed by atoms with Gasteiger partial charge in [-0.1, -0.05) is 12.1 Å². The SMILES string of the molecule is CC(N)(C(=O)O)C(O)C(O)C(O)CCc1ccc(O)cc1. The number of benzene rings is 1. The van der Waals surface area contributed by atoms with Crippen molar-refractivity contribution in [1.82, 2.24) is 0 Å². The third-order valence-corrected chi connectivity index (χ3v) is 3.46. The first-order chi connectivity index (χ1) is 9.66. The molecule has 0 radical (unpaired) electrons.